The maximum Gasteiger partial charge on any atom is 0.305 e. The van der Waals surface area contributed by atoms with E-state index in [-0.39, 0.29) is 29.6 Å². The van der Waals surface area contributed by atoms with E-state index >= 15 is 0 Å². The zero-order valence-corrected chi connectivity index (χ0v) is 21.3. The monoisotopic (exact) mass is 506 g/mol. The maximum absolute atomic E-state index is 12.2. The molecule has 5 rings (SSSR count). The van der Waals surface area contributed by atoms with Crippen LogP contribution in [0.3, 0.4) is 0 Å². The van der Waals surface area contributed by atoms with Gasteiger partial charge in [-0.15, -0.1) is 0 Å². The molecule has 4 aliphatic heterocycles. The van der Waals surface area contributed by atoms with Gasteiger partial charge in [0, 0.05) is 32.8 Å². The summed E-state index contributed by atoms with van der Waals surface area (Å²) in [5, 5.41) is 0. The van der Waals surface area contributed by atoms with Crippen LogP contribution in [0.1, 0.15) is 53.9 Å². The average Bonchev–Trinajstić information content (AvgIpc) is 3.64. The highest BCUT2D eigenvalue weighted by molar-refractivity contribution is 5.68. The summed E-state index contributed by atoms with van der Waals surface area (Å²) in [5.74, 6) is -2.11. The summed E-state index contributed by atoms with van der Waals surface area (Å²) in [4.78, 5) is 36.2. The molecule has 2 spiro atoms. The van der Waals surface area contributed by atoms with Crippen molar-refractivity contribution >= 4 is 17.9 Å². The summed E-state index contributed by atoms with van der Waals surface area (Å²) >= 11 is 0. The average molecular weight is 507 g/mol. The molecule has 36 heavy (non-hydrogen) atoms. The number of ether oxygens (including phenoxy) is 7. The highest BCUT2D eigenvalue weighted by Gasteiger charge is 2.70. The van der Waals surface area contributed by atoms with Gasteiger partial charge in [0.05, 0.1) is 31.5 Å². The van der Waals surface area contributed by atoms with Gasteiger partial charge in [-0.1, -0.05) is 5.57 Å². The van der Waals surface area contributed by atoms with E-state index in [4.69, 9.17) is 33.2 Å². The molecule has 0 aromatic rings. The van der Waals surface area contributed by atoms with Crippen LogP contribution in [0.2, 0.25) is 0 Å². The van der Waals surface area contributed by atoms with Crippen molar-refractivity contribution in [3.63, 3.8) is 0 Å². The Morgan fingerprint density at radius 2 is 1.67 bits per heavy atom. The molecule has 4 heterocycles. The van der Waals surface area contributed by atoms with Crippen molar-refractivity contribution in [2.75, 3.05) is 13.2 Å². The van der Waals surface area contributed by atoms with Crippen LogP contribution in [0.15, 0.2) is 23.5 Å². The second-order valence-electron chi connectivity index (χ2n) is 10.8. The zero-order valence-electron chi connectivity index (χ0n) is 21.3. The number of carbonyl (C=O) groups excluding carboxylic acids is 3. The zero-order chi connectivity index (χ0) is 25.8. The fourth-order valence-corrected chi connectivity index (χ4v) is 6.01. The Morgan fingerprint density at radius 3 is 2.22 bits per heavy atom. The van der Waals surface area contributed by atoms with Gasteiger partial charge >= 0.3 is 17.9 Å². The first-order valence-electron chi connectivity index (χ1n) is 12.5. The van der Waals surface area contributed by atoms with E-state index in [0.717, 1.165) is 5.57 Å². The third-order valence-electron chi connectivity index (χ3n) is 7.66. The molecular weight excluding hydrogens is 472 g/mol. The van der Waals surface area contributed by atoms with Gasteiger partial charge in [0.1, 0.15) is 17.3 Å². The van der Waals surface area contributed by atoms with Crippen LogP contribution in [-0.2, 0) is 47.5 Å². The summed E-state index contributed by atoms with van der Waals surface area (Å²) < 4.78 is 41.0. The lowest BCUT2D eigenvalue weighted by Gasteiger charge is -2.43. The molecule has 0 N–H and O–H groups in total. The normalized spacial score (nSPS) is 39.4. The van der Waals surface area contributed by atoms with Crippen molar-refractivity contribution in [1.82, 2.24) is 0 Å². The Labute approximate surface area is 210 Å². The number of fused-ring (bicyclic) bond motifs is 4. The quantitative estimate of drug-likeness (QED) is 0.229. The minimum Gasteiger partial charge on any atom is -0.462 e. The number of hydrogen-bond acceptors (Lipinski definition) is 10. The lowest BCUT2D eigenvalue weighted by molar-refractivity contribution is -0.194. The topological polar surface area (TPSA) is 126 Å². The Balaban J connectivity index is 1.56. The first-order chi connectivity index (χ1) is 17.0. The second kappa shape index (κ2) is 9.15. The summed E-state index contributed by atoms with van der Waals surface area (Å²) in [6.45, 7) is 8.82. The van der Waals surface area contributed by atoms with Crippen molar-refractivity contribution in [2.45, 2.75) is 95.8 Å². The molecule has 0 aromatic heterocycles. The molecule has 0 amide bonds. The van der Waals surface area contributed by atoms with Crippen LogP contribution in [0.5, 0.6) is 0 Å². The molecule has 9 atom stereocenters. The number of esters is 3. The number of hydrogen-bond donors (Lipinski definition) is 0. The van der Waals surface area contributed by atoms with Gasteiger partial charge in [0.15, 0.2) is 12.2 Å². The predicted octanol–water partition coefficient (Wildman–Crippen LogP) is 2.34. The third-order valence-corrected chi connectivity index (χ3v) is 7.66. The van der Waals surface area contributed by atoms with Crippen LogP contribution in [0.4, 0.5) is 0 Å². The highest BCUT2D eigenvalue weighted by atomic mass is 16.7. The van der Waals surface area contributed by atoms with Crippen LogP contribution in [0, 0.1) is 11.8 Å². The fourth-order valence-electron chi connectivity index (χ4n) is 6.01. The molecule has 0 radical (unpaired) electrons. The van der Waals surface area contributed by atoms with E-state index in [1.807, 2.05) is 13.8 Å². The van der Waals surface area contributed by atoms with Crippen molar-refractivity contribution < 1.29 is 47.5 Å². The number of epoxide rings is 3. The van der Waals surface area contributed by atoms with Gasteiger partial charge in [-0.05, 0) is 38.7 Å². The van der Waals surface area contributed by atoms with Crippen LogP contribution in [0.25, 0.3) is 0 Å². The Hall–Kier alpha value is -2.43. The molecule has 1 aliphatic carbocycles. The van der Waals surface area contributed by atoms with E-state index in [1.54, 1.807) is 6.08 Å². The molecule has 10 heteroatoms. The van der Waals surface area contributed by atoms with Crippen molar-refractivity contribution in [2.24, 2.45) is 11.8 Å². The molecule has 10 nitrogen and oxygen atoms in total. The van der Waals surface area contributed by atoms with Gasteiger partial charge in [-0.3, -0.25) is 14.4 Å². The molecule has 198 valence electrons. The van der Waals surface area contributed by atoms with Crippen LogP contribution in [-0.4, -0.2) is 73.0 Å². The second-order valence-corrected chi connectivity index (χ2v) is 10.8. The molecule has 0 bridgehead atoms. The van der Waals surface area contributed by atoms with Gasteiger partial charge in [0.2, 0.25) is 6.29 Å². The summed E-state index contributed by atoms with van der Waals surface area (Å²) in [5.41, 5.74) is 0.606. The molecule has 0 aromatic carbocycles. The van der Waals surface area contributed by atoms with E-state index in [0.29, 0.717) is 38.0 Å². The standard InChI is InChI=1S/C26H34O10/c1-13(2)8-19(33-14(3)27)22(34-15(4)28)18-10-30-24(35-16(5)29)21-17(18)6-7-25(11-31-25)23-20(36-23)9-26(21)12-32-26/h8,10,17,19-24H,6-7,9,11-12H2,1-5H3/t17?,19-,20?,21-,22+,23?,24?,25?,26?/m0/s1. The largest absolute Gasteiger partial charge is 0.462 e. The lowest BCUT2D eigenvalue weighted by atomic mass is 9.71. The summed E-state index contributed by atoms with van der Waals surface area (Å²) in [6.07, 6.45) is 2.59. The van der Waals surface area contributed by atoms with E-state index in [2.05, 4.69) is 0 Å². The molecular formula is C26H34O10. The maximum atomic E-state index is 12.2. The number of carbonyl (C=O) groups is 3. The summed E-state index contributed by atoms with van der Waals surface area (Å²) in [7, 11) is 0. The Kier molecular flexibility index (Phi) is 6.41. The Bertz CT molecular complexity index is 987. The predicted molar refractivity (Wildman–Crippen MR) is 122 cm³/mol. The van der Waals surface area contributed by atoms with Crippen molar-refractivity contribution in [3.8, 4) is 0 Å². The van der Waals surface area contributed by atoms with E-state index in [1.165, 1.54) is 27.0 Å². The molecule has 5 aliphatic rings. The molecule has 1 saturated carbocycles. The molecule has 6 unspecified atom stereocenters. The van der Waals surface area contributed by atoms with E-state index in [9.17, 15) is 14.4 Å². The van der Waals surface area contributed by atoms with Crippen LogP contribution >= 0.6 is 0 Å². The third kappa shape index (κ3) is 4.90. The fraction of sp³-hybridized carbons (Fsp3) is 0.731. The minimum atomic E-state index is -0.925. The minimum absolute atomic E-state index is 0.00446. The number of allylic oxidation sites excluding steroid dienone is 1. The van der Waals surface area contributed by atoms with Gasteiger partial charge < -0.3 is 33.2 Å². The van der Waals surface area contributed by atoms with Crippen molar-refractivity contribution in [3.05, 3.63) is 23.5 Å². The Morgan fingerprint density at radius 1 is 1.00 bits per heavy atom. The highest BCUT2D eigenvalue weighted by Crippen LogP contribution is 2.59. The first kappa shape index (κ1) is 25.2. The van der Waals surface area contributed by atoms with Gasteiger partial charge in [0.25, 0.3) is 0 Å². The summed E-state index contributed by atoms with van der Waals surface area (Å²) in [6, 6.07) is 0. The molecule has 3 saturated heterocycles. The number of rotatable bonds is 6. The van der Waals surface area contributed by atoms with Crippen LogP contribution < -0.4 is 0 Å². The van der Waals surface area contributed by atoms with Gasteiger partial charge in [-0.2, -0.15) is 0 Å². The van der Waals surface area contributed by atoms with Gasteiger partial charge in [-0.25, -0.2) is 0 Å². The first-order valence-corrected chi connectivity index (χ1v) is 12.5. The molecule has 4 fully saturated rings. The SMILES string of the molecule is CC(=O)OC1OC=C([C@@H](OC(C)=O)[C@H](C=C(C)C)OC(C)=O)C2CCC3(CO3)C3OC3CC3(CO3)[C@H]12. The van der Waals surface area contributed by atoms with Crippen molar-refractivity contribution in [1.29, 1.82) is 0 Å². The van der Waals surface area contributed by atoms with E-state index < -0.39 is 42.0 Å². The smallest absolute Gasteiger partial charge is 0.305 e. The lowest BCUT2D eigenvalue weighted by Crippen LogP contribution is -2.50.